The summed E-state index contributed by atoms with van der Waals surface area (Å²) in [5.74, 6) is 0.753. The maximum absolute atomic E-state index is 6.01. The number of rotatable bonds is 2. The first kappa shape index (κ1) is 12.4. The number of fused-ring (bicyclic) bond motifs is 1. The predicted molar refractivity (Wildman–Crippen MR) is 74.1 cm³/mol. The Morgan fingerprint density at radius 3 is 2.82 bits per heavy atom. The monoisotopic (exact) mass is 232 g/mol. The second-order valence-electron chi connectivity index (χ2n) is 6.22. The number of hydrogen-bond donors (Lipinski definition) is 2. The molecule has 3 N–H and O–H groups in total. The van der Waals surface area contributed by atoms with Crippen molar-refractivity contribution in [1.29, 1.82) is 0 Å². The van der Waals surface area contributed by atoms with E-state index < -0.39 is 0 Å². The van der Waals surface area contributed by atoms with E-state index in [1.807, 2.05) is 6.07 Å². The summed E-state index contributed by atoms with van der Waals surface area (Å²) in [6, 6.07) is 6.33. The lowest BCUT2D eigenvalue weighted by atomic mass is 9.83. The molecule has 0 aliphatic heterocycles. The molecule has 0 saturated carbocycles. The second-order valence-corrected chi connectivity index (χ2v) is 6.22. The first-order valence-electron chi connectivity index (χ1n) is 6.57. The molecule has 1 aromatic rings. The van der Waals surface area contributed by atoms with Gasteiger partial charge in [0, 0.05) is 11.2 Å². The van der Waals surface area contributed by atoms with Crippen LogP contribution in [-0.2, 0) is 12.8 Å². The summed E-state index contributed by atoms with van der Waals surface area (Å²) >= 11 is 0. The fourth-order valence-electron chi connectivity index (χ4n) is 2.54. The van der Waals surface area contributed by atoms with E-state index in [9.17, 15) is 0 Å². The molecule has 0 radical (unpaired) electrons. The molecular formula is C15H24N2. The second kappa shape index (κ2) is 4.69. The van der Waals surface area contributed by atoms with Crippen molar-refractivity contribution in [2.45, 2.75) is 45.6 Å². The van der Waals surface area contributed by atoms with Gasteiger partial charge in [-0.3, -0.25) is 0 Å². The van der Waals surface area contributed by atoms with Gasteiger partial charge in [0.1, 0.15) is 0 Å². The summed E-state index contributed by atoms with van der Waals surface area (Å²) in [7, 11) is 0. The molecule has 94 valence electrons. The molecule has 0 bridgehead atoms. The van der Waals surface area contributed by atoms with Gasteiger partial charge in [-0.15, -0.1) is 0 Å². The number of anilines is 1. The van der Waals surface area contributed by atoms with Crippen LogP contribution in [0.15, 0.2) is 18.2 Å². The summed E-state index contributed by atoms with van der Waals surface area (Å²) in [5.41, 5.74) is 10.1. The third-order valence-electron chi connectivity index (χ3n) is 3.54. The highest BCUT2D eigenvalue weighted by atomic mass is 14.9. The van der Waals surface area contributed by atoms with E-state index >= 15 is 0 Å². The average molecular weight is 232 g/mol. The third-order valence-corrected chi connectivity index (χ3v) is 3.54. The van der Waals surface area contributed by atoms with Crippen LogP contribution in [0.5, 0.6) is 0 Å². The van der Waals surface area contributed by atoms with Crippen molar-refractivity contribution in [3.05, 3.63) is 29.3 Å². The summed E-state index contributed by atoms with van der Waals surface area (Å²) < 4.78 is 0. The summed E-state index contributed by atoms with van der Waals surface area (Å²) in [5, 5.41) is 3.61. The molecule has 2 nitrogen and oxygen atoms in total. The molecule has 17 heavy (non-hydrogen) atoms. The number of benzene rings is 1. The topological polar surface area (TPSA) is 38.0 Å². The molecule has 1 aromatic carbocycles. The smallest absolute Gasteiger partial charge is 0.0349 e. The highest BCUT2D eigenvalue weighted by Gasteiger charge is 2.21. The molecule has 0 amide bonds. The fraction of sp³-hybridized carbons (Fsp3) is 0.600. The molecule has 1 aliphatic rings. The standard InChI is InChI=1S/C15H24N2/c1-15(2,3)17-10-11-7-8-13-12(9-11)5-4-6-14(13)16/h4-6,11,17H,7-10,16H2,1-3H3. The summed E-state index contributed by atoms with van der Waals surface area (Å²) in [6.07, 6.45) is 3.56. The number of hydrogen-bond acceptors (Lipinski definition) is 2. The zero-order valence-corrected chi connectivity index (χ0v) is 11.2. The average Bonchev–Trinajstić information content (AvgIpc) is 2.26. The van der Waals surface area contributed by atoms with Crippen LogP contribution in [0.25, 0.3) is 0 Å². The van der Waals surface area contributed by atoms with Gasteiger partial charge in [0.2, 0.25) is 0 Å². The Morgan fingerprint density at radius 2 is 2.12 bits per heavy atom. The van der Waals surface area contributed by atoms with E-state index in [2.05, 4.69) is 38.2 Å². The van der Waals surface area contributed by atoms with E-state index in [-0.39, 0.29) is 5.54 Å². The van der Waals surface area contributed by atoms with Crippen molar-refractivity contribution < 1.29 is 0 Å². The van der Waals surface area contributed by atoms with Crippen molar-refractivity contribution in [2.24, 2.45) is 5.92 Å². The lowest BCUT2D eigenvalue weighted by Crippen LogP contribution is -2.40. The number of nitrogen functional groups attached to an aromatic ring is 1. The first-order valence-corrected chi connectivity index (χ1v) is 6.57. The van der Waals surface area contributed by atoms with Gasteiger partial charge >= 0.3 is 0 Å². The molecule has 0 fully saturated rings. The van der Waals surface area contributed by atoms with Crippen LogP contribution in [0.1, 0.15) is 38.3 Å². The summed E-state index contributed by atoms with van der Waals surface area (Å²) in [4.78, 5) is 0. The minimum atomic E-state index is 0.218. The Labute approximate surface area is 105 Å². The highest BCUT2D eigenvalue weighted by molar-refractivity contribution is 5.52. The molecule has 2 rings (SSSR count). The Morgan fingerprint density at radius 1 is 1.35 bits per heavy atom. The Balaban J connectivity index is 1.99. The normalized spacial score (nSPS) is 20.1. The van der Waals surface area contributed by atoms with Crippen molar-refractivity contribution in [3.8, 4) is 0 Å². The van der Waals surface area contributed by atoms with E-state index in [0.717, 1.165) is 24.6 Å². The predicted octanol–water partition coefficient (Wildman–Crippen LogP) is 2.76. The van der Waals surface area contributed by atoms with Gasteiger partial charge in [0.15, 0.2) is 0 Å². The zero-order chi connectivity index (χ0) is 12.5. The fourth-order valence-corrected chi connectivity index (χ4v) is 2.54. The third kappa shape index (κ3) is 3.22. The van der Waals surface area contributed by atoms with Crippen molar-refractivity contribution in [1.82, 2.24) is 5.32 Å². The molecular weight excluding hydrogens is 208 g/mol. The molecule has 1 unspecified atom stereocenters. The minimum absolute atomic E-state index is 0.218. The molecule has 1 aliphatic carbocycles. The van der Waals surface area contributed by atoms with Crippen molar-refractivity contribution in [2.75, 3.05) is 12.3 Å². The van der Waals surface area contributed by atoms with E-state index in [1.165, 1.54) is 24.0 Å². The molecule has 1 atom stereocenters. The van der Waals surface area contributed by atoms with Gasteiger partial charge < -0.3 is 11.1 Å². The minimum Gasteiger partial charge on any atom is -0.398 e. The van der Waals surface area contributed by atoms with Gasteiger partial charge in [-0.05, 0) is 69.7 Å². The molecule has 0 heterocycles. The van der Waals surface area contributed by atoms with E-state index in [1.54, 1.807) is 0 Å². The molecule has 0 saturated heterocycles. The Bertz CT molecular complexity index is 390. The SMILES string of the molecule is CC(C)(C)NCC1CCc2c(N)cccc2C1. The van der Waals surface area contributed by atoms with Gasteiger partial charge in [-0.25, -0.2) is 0 Å². The van der Waals surface area contributed by atoms with Crippen LogP contribution in [0.2, 0.25) is 0 Å². The van der Waals surface area contributed by atoms with E-state index in [4.69, 9.17) is 5.73 Å². The Kier molecular flexibility index (Phi) is 3.43. The molecule has 0 spiro atoms. The van der Waals surface area contributed by atoms with Gasteiger partial charge in [-0.2, -0.15) is 0 Å². The lowest BCUT2D eigenvalue weighted by molar-refractivity contribution is 0.349. The van der Waals surface area contributed by atoms with Crippen LogP contribution < -0.4 is 11.1 Å². The maximum Gasteiger partial charge on any atom is 0.0349 e. The van der Waals surface area contributed by atoms with Crippen LogP contribution in [0, 0.1) is 5.92 Å². The van der Waals surface area contributed by atoms with Gasteiger partial charge in [0.05, 0.1) is 0 Å². The van der Waals surface area contributed by atoms with Crippen LogP contribution in [0.3, 0.4) is 0 Å². The largest absolute Gasteiger partial charge is 0.398 e. The van der Waals surface area contributed by atoms with Gasteiger partial charge in [-0.1, -0.05) is 12.1 Å². The quantitative estimate of drug-likeness (QED) is 0.769. The molecule has 2 heteroatoms. The zero-order valence-electron chi connectivity index (χ0n) is 11.2. The van der Waals surface area contributed by atoms with E-state index in [0.29, 0.717) is 0 Å². The highest BCUT2D eigenvalue weighted by Crippen LogP contribution is 2.29. The first-order chi connectivity index (χ1) is 7.96. The summed E-state index contributed by atoms with van der Waals surface area (Å²) in [6.45, 7) is 7.78. The van der Waals surface area contributed by atoms with Crippen LogP contribution in [0.4, 0.5) is 5.69 Å². The van der Waals surface area contributed by atoms with Crippen LogP contribution in [-0.4, -0.2) is 12.1 Å². The number of nitrogens with one attached hydrogen (secondary N) is 1. The lowest BCUT2D eigenvalue weighted by Gasteiger charge is -2.29. The maximum atomic E-state index is 6.01. The van der Waals surface area contributed by atoms with Gasteiger partial charge in [0.25, 0.3) is 0 Å². The van der Waals surface area contributed by atoms with Crippen molar-refractivity contribution >= 4 is 5.69 Å². The van der Waals surface area contributed by atoms with Crippen LogP contribution >= 0.6 is 0 Å². The van der Waals surface area contributed by atoms with Crippen molar-refractivity contribution in [3.63, 3.8) is 0 Å². The molecule has 0 aromatic heterocycles. The number of nitrogens with two attached hydrogens (primary N) is 1. The Hall–Kier alpha value is -1.02.